The second-order valence-electron chi connectivity index (χ2n) is 4.80. The number of aryl methyl sites for hydroxylation is 1. The summed E-state index contributed by atoms with van der Waals surface area (Å²) in [6, 6.07) is 0.673. The Bertz CT molecular complexity index is 355. The molecule has 5 nitrogen and oxygen atoms in total. The third-order valence-corrected chi connectivity index (χ3v) is 3.71. The van der Waals surface area contributed by atoms with Crippen LogP contribution in [-0.4, -0.2) is 34.0 Å². The van der Waals surface area contributed by atoms with Gasteiger partial charge in [-0.1, -0.05) is 0 Å². The Morgan fingerprint density at radius 1 is 1.29 bits per heavy atom. The Labute approximate surface area is 103 Å². The molecule has 0 amide bonds. The maximum Gasteiger partial charge on any atom is 0.158 e. The molecule has 1 heterocycles. The van der Waals surface area contributed by atoms with Gasteiger partial charge in [0.15, 0.2) is 5.82 Å². The van der Waals surface area contributed by atoms with Gasteiger partial charge < -0.3 is 14.6 Å². The molecular weight excluding hydrogens is 216 g/mol. The van der Waals surface area contributed by atoms with Gasteiger partial charge in [0.25, 0.3) is 0 Å². The Kier molecular flexibility index (Phi) is 4.12. The van der Waals surface area contributed by atoms with E-state index in [0.717, 1.165) is 24.5 Å². The summed E-state index contributed by atoms with van der Waals surface area (Å²) in [5.74, 6) is 1.85. The smallest absolute Gasteiger partial charge is 0.158 e. The summed E-state index contributed by atoms with van der Waals surface area (Å²) in [5, 5.41) is 11.5. The first-order valence-corrected chi connectivity index (χ1v) is 6.34. The molecule has 2 rings (SSSR count). The minimum Gasteiger partial charge on any atom is -0.370 e. The van der Waals surface area contributed by atoms with Crippen molar-refractivity contribution in [3.63, 3.8) is 0 Å². The van der Waals surface area contributed by atoms with Gasteiger partial charge in [0.05, 0.1) is 6.10 Å². The van der Waals surface area contributed by atoms with Crippen LogP contribution in [0.4, 0.5) is 0 Å². The van der Waals surface area contributed by atoms with E-state index in [4.69, 9.17) is 4.74 Å². The van der Waals surface area contributed by atoms with Gasteiger partial charge in [-0.3, -0.25) is 0 Å². The van der Waals surface area contributed by atoms with Crippen molar-refractivity contribution in [2.45, 2.75) is 51.4 Å². The van der Waals surface area contributed by atoms with Gasteiger partial charge in [0.1, 0.15) is 12.4 Å². The van der Waals surface area contributed by atoms with Crippen LogP contribution in [-0.2, 0) is 18.4 Å². The van der Waals surface area contributed by atoms with Gasteiger partial charge >= 0.3 is 0 Å². The van der Waals surface area contributed by atoms with Crippen LogP contribution >= 0.6 is 0 Å². The van der Waals surface area contributed by atoms with Crippen molar-refractivity contribution in [2.75, 3.05) is 7.05 Å². The highest BCUT2D eigenvalue weighted by Gasteiger charge is 2.20. The molecule has 1 aromatic rings. The normalized spacial score (nSPS) is 25.1. The Morgan fingerprint density at radius 3 is 2.53 bits per heavy atom. The van der Waals surface area contributed by atoms with Crippen LogP contribution in [0.2, 0.25) is 0 Å². The molecule has 0 spiro atoms. The van der Waals surface area contributed by atoms with Crippen LogP contribution in [0.15, 0.2) is 0 Å². The van der Waals surface area contributed by atoms with E-state index in [9.17, 15) is 0 Å². The molecule has 0 aliphatic heterocycles. The maximum absolute atomic E-state index is 5.90. The van der Waals surface area contributed by atoms with Crippen LogP contribution in [0.5, 0.6) is 0 Å². The predicted octanol–water partition coefficient (Wildman–Crippen LogP) is 1.17. The third-order valence-electron chi connectivity index (χ3n) is 3.71. The van der Waals surface area contributed by atoms with E-state index in [1.807, 2.05) is 25.6 Å². The first-order valence-electron chi connectivity index (χ1n) is 6.34. The predicted molar refractivity (Wildman–Crippen MR) is 65.6 cm³/mol. The van der Waals surface area contributed by atoms with Gasteiger partial charge in [-0.05, 0) is 39.7 Å². The Hall–Kier alpha value is -0.940. The third kappa shape index (κ3) is 3.04. The van der Waals surface area contributed by atoms with Gasteiger partial charge in [0.2, 0.25) is 0 Å². The van der Waals surface area contributed by atoms with Gasteiger partial charge in [0, 0.05) is 13.1 Å². The largest absolute Gasteiger partial charge is 0.370 e. The molecule has 1 saturated carbocycles. The highest BCUT2D eigenvalue weighted by Crippen LogP contribution is 2.21. The molecule has 17 heavy (non-hydrogen) atoms. The van der Waals surface area contributed by atoms with Crippen LogP contribution in [0, 0.1) is 6.92 Å². The van der Waals surface area contributed by atoms with Crippen molar-refractivity contribution in [2.24, 2.45) is 7.05 Å². The van der Waals surface area contributed by atoms with Gasteiger partial charge in [-0.15, -0.1) is 10.2 Å². The molecule has 1 aliphatic rings. The fourth-order valence-electron chi connectivity index (χ4n) is 2.29. The number of nitrogens with one attached hydrogen (secondary N) is 1. The van der Waals surface area contributed by atoms with Crippen molar-refractivity contribution in [1.29, 1.82) is 0 Å². The van der Waals surface area contributed by atoms with E-state index < -0.39 is 0 Å². The quantitative estimate of drug-likeness (QED) is 0.855. The minimum atomic E-state index is 0.386. The summed E-state index contributed by atoms with van der Waals surface area (Å²) in [6.07, 6.45) is 5.08. The minimum absolute atomic E-state index is 0.386. The molecular formula is C12H22N4O. The molecule has 0 bridgehead atoms. The van der Waals surface area contributed by atoms with E-state index in [2.05, 4.69) is 15.5 Å². The monoisotopic (exact) mass is 238 g/mol. The summed E-state index contributed by atoms with van der Waals surface area (Å²) in [4.78, 5) is 0. The average molecular weight is 238 g/mol. The standard InChI is InChI=1S/C12H22N4O/c1-9-14-15-12(16(9)3)8-17-11-6-4-10(13-2)5-7-11/h10-11,13H,4-8H2,1-3H3. The molecule has 1 fully saturated rings. The van der Waals surface area contributed by atoms with E-state index >= 15 is 0 Å². The molecule has 0 radical (unpaired) electrons. The van der Waals surface area contributed by atoms with Crippen molar-refractivity contribution >= 4 is 0 Å². The van der Waals surface area contributed by atoms with Crippen molar-refractivity contribution in [3.8, 4) is 0 Å². The molecule has 1 aromatic heterocycles. The number of ether oxygens (including phenoxy) is 1. The summed E-state index contributed by atoms with van der Waals surface area (Å²) < 4.78 is 7.89. The molecule has 5 heteroatoms. The zero-order valence-corrected chi connectivity index (χ0v) is 10.9. The number of hydrogen-bond donors (Lipinski definition) is 1. The Morgan fingerprint density at radius 2 is 2.00 bits per heavy atom. The molecule has 1 N–H and O–H groups in total. The topological polar surface area (TPSA) is 52.0 Å². The zero-order chi connectivity index (χ0) is 12.3. The number of aromatic nitrogens is 3. The van der Waals surface area contributed by atoms with Crippen LogP contribution in [0.3, 0.4) is 0 Å². The van der Waals surface area contributed by atoms with E-state index in [0.29, 0.717) is 18.8 Å². The second-order valence-corrected chi connectivity index (χ2v) is 4.80. The van der Waals surface area contributed by atoms with Gasteiger partial charge in [-0.2, -0.15) is 0 Å². The molecule has 1 aliphatic carbocycles. The fraction of sp³-hybridized carbons (Fsp3) is 0.833. The summed E-state index contributed by atoms with van der Waals surface area (Å²) in [5.41, 5.74) is 0. The molecule has 0 aromatic carbocycles. The first-order chi connectivity index (χ1) is 8.20. The maximum atomic E-state index is 5.90. The number of rotatable bonds is 4. The van der Waals surface area contributed by atoms with E-state index in [1.165, 1.54) is 12.8 Å². The first kappa shape index (κ1) is 12.5. The summed E-state index contributed by atoms with van der Waals surface area (Å²) in [7, 11) is 4.01. The van der Waals surface area contributed by atoms with Crippen LogP contribution in [0.25, 0.3) is 0 Å². The summed E-state index contributed by atoms with van der Waals surface area (Å²) in [6.45, 7) is 2.53. The van der Waals surface area contributed by atoms with E-state index in [1.54, 1.807) is 0 Å². The van der Waals surface area contributed by atoms with Crippen LogP contribution in [0.1, 0.15) is 37.3 Å². The lowest BCUT2D eigenvalue weighted by Gasteiger charge is -2.28. The average Bonchev–Trinajstić information content (AvgIpc) is 2.68. The van der Waals surface area contributed by atoms with E-state index in [-0.39, 0.29) is 0 Å². The lowest BCUT2D eigenvalue weighted by atomic mass is 9.93. The number of hydrogen-bond acceptors (Lipinski definition) is 4. The van der Waals surface area contributed by atoms with Crippen molar-refractivity contribution in [1.82, 2.24) is 20.1 Å². The van der Waals surface area contributed by atoms with Crippen LogP contribution < -0.4 is 5.32 Å². The zero-order valence-electron chi connectivity index (χ0n) is 10.9. The van der Waals surface area contributed by atoms with Crippen molar-refractivity contribution < 1.29 is 4.74 Å². The highest BCUT2D eigenvalue weighted by atomic mass is 16.5. The Balaban J connectivity index is 1.78. The number of nitrogens with zero attached hydrogens (tertiary/aromatic N) is 3. The second kappa shape index (κ2) is 5.60. The molecule has 96 valence electrons. The fourth-order valence-corrected chi connectivity index (χ4v) is 2.29. The SMILES string of the molecule is CNC1CCC(OCc2nnc(C)n2C)CC1. The lowest BCUT2D eigenvalue weighted by molar-refractivity contribution is 0.00756. The molecule has 0 unspecified atom stereocenters. The van der Waals surface area contributed by atoms with Gasteiger partial charge in [-0.25, -0.2) is 0 Å². The molecule has 0 saturated heterocycles. The highest BCUT2D eigenvalue weighted by molar-refractivity contribution is 4.90. The van der Waals surface area contributed by atoms with Crippen molar-refractivity contribution in [3.05, 3.63) is 11.6 Å². The lowest BCUT2D eigenvalue weighted by Crippen LogP contribution is -2.33. The molecule has 0 atom stereocenters. The summed E-state index contributed by atoms with van der Waals surface area (Å²) >= 11 is 0.